The van der Waals surface area contributed by atoms with E-state index in [1.165, 1.54) is 135 Å². The number of nitrogen functional groups attached to an aromatic ring is 1. The van der Waals surface area contributed by atoms with Crippen LogP contribution in [0.2, 0.25) is 0 Å². The van der Waals surface area contributed by atoms with Gasteiger partial charge in [-0.25, -0.2) is 15.0 Å². The Labute approximate surface area is 383 Å². The molecule has 0 bridgehead atoms. The van der Waals surface area contributed by atoms with Gasteiger partial charge in [0.05, 0.1) is 25.3 Å². The molecule has 1 aliphatic heterocycles. The lowest BCUT2D eigenvalue weighted by molar-refractivity contribution is -0.167. The van der Waals surface area contributed by atoms with Crippen LogP contribution in [0.15, 0.2) is 12.7 Å². The smallest absolute Gasteiger partial charge is 0.306 e. The van der Waals surface area contributed by atoms with Crippen molar-refractivity contribution in [2.24, 2.45) is 0 Å². The van der Waals surface area contributed by atoms with Crippen LogP contribution >= 0.6 is 0 Å². The van der Waals surface area contributed by atoms with E-state index in [-0.39, 0.29) is 63.7 Å². The number of aliphatic hydroxyl groups excluding tert-OH is 1. The van der Waals surface area contributed by atoms with Gasteiger partial charge in [0.15, 0.2) is 23.8 Å². The lowest BCUT2D eigenvalue weighted by atomic mass is 10.0. The van der Waals surface area contributed by atoms with Crippen molar-refractivity contribution in [3.8, 4) is 0 Å². The molecule has 364 valence electrons. The normalized spacial score (nSPS) is 16.5. The van der Waals surface area contributed by atoms with Crippen molar-refractivity contribution in [2.45, 2.75) is 237 Å². The fraction of sp³-hybridized carbons (Fsp3) is 0.816. The van der Waals surface area contributed by atoms with Crippen molar-refractivity contribution in [2.75, 3.05) is 25.6 Å². The predicted octanol–water partition coefficient (Wildman–Crippen LogP) is 10.3. The minimum absolute atomic E-state index is 0.132. The van der Waals surface area contributed by atoms with Gasteiger partial charge in [0, 0.05) is 19.3 Å². The third-order valence-electron chi connectivity index (χ3n) is 11.9. The van der Waals surface area contributed by atoms with Crippen molar-refractivity contribution in [3.05, 3.63) is 12.7 Å². The van der Waals surface area contributed by atoms with E-state index in [9.17, 15) is 24.3 Å². The molecule has 2 aromatic heterocycles. The number of hydrogen-bond acceptors (Lipinski definition) is 14. The zero-order valence-electron chi connectivity index (χ0n) is 39.5. The summed E-state index contributed by atoms with van der Waals surface area (Å²) in [6.45, 7) is 3.83. The monoisotopic (exact) mass is 902 g/mol. The van der Waals surface area contributed by atoms with Gasteiger partial charge in [-0.15, -0.1) is 0 Å². The summed E-state index contributed by atoms with van der Waals surface area (Å²) in [5, 5.41) is 10.7. The number of fused-ring (bicyclic) bond motifs is 1. The Morgan fingerprint density at radius 1 is 0.625 bits per heavy atom. The molecule has 0 aromatic carbocycles. The maximum Gasteiger partial charge on any atom is 0.306 e. The molecule has 0 spiro atoms. The Bertz CT molecular complexity index is 1570. The van der Waals surface area contributed by atoms with Crippen molar-refractivity contribution in [1.82, 2.24) is 19.5 Å². The quantitative estimate of drug-likeness (QED) is 0.0364. The number of aromatic nitrogens is 4. The number of carbonyl (C=O) groups is 4. The number of esters is 4. The van der Waals surface area contributed by atoms with Gasteiger partial charge in [0.1, 0.15) is 37.8 Å². The van der Waals surface area contributed by atoms with Crippen molar-refractivity contribution >= 4 is 40.9 Å². The van der Waals surface area contributed by atoms with E-state index in [1.54, 1.807) is 4.57 Å². The van der Waals surface area contributed by atoms with E-state index in [0.717, 1.165) is 38.5 Å². The number of carbonyl (C=O) groups excluding carboxylic acids is 4. The van der Waals surface area contributed by atoms with E-state index in [0.29, 0.717) is 17.6 Å². The summed E-state index contributed by atoms with van der Waals surface area (Å²) >= 11 is 0. The third-order valence-corrected chi connectivity index (χ3v) is 11.9. The Morgan fingerprint density at radius 2 is 1.06 bits per heavy atom. The number of imidazole rings is 1. The van der Waals surface area contributed by atoms with E-state index in [4.69, 9.17) is 29.4 Å². The summed E-state index contributed by atoms with van der Waals surface area (Å²) in [6.07, 6.45) is 30.9. The highest BCUT2D eigenvalue weighted by Crippen LogP contribution is 2.32. The van der Waals surface area contributed by atoms with Crippen LogP contribution in [-0.4, -0.2) is 86.6 Å². The lowest BCUT2D eigenvalue weighted by Crippen LogP contribution is -2.31. The van der Waals surface area contributed by atoms with Gasteiger partial charge in [-0.1, -0.05) is 168 Å². The predicted molar refractivity (Wildman–Crippen MR) is 247 cm³/mol. The fourth-order valence-electron chi connectivity index (χ4n) is 8.06. The molecule has 64 heavy (non-hydrogen) atoms. The number of unbranched alkanes of at least 4 members (excludes halogenated alkanes) is 24. The van der Waals surface area contributed by atoms with E-state index in [2.05, 4.69) is 28.8 Å². The van der Waals surface area contributed by atoms with Crippen LogP contribution in [0.5, 0.6) is 0 Å². The number of nitrogens with zero attached hydrogens (tertiary/aromatic N) is 4. The van der Waals surface area contributed by atoms with Gasteiger partial charge in [0.25, 0.3) is 0 Å². The summed E-state index contributed by atoms with van der Waals surface area (Å²) < 4.78 is 29.3. The Hall–Kier alpha value is -3.85. The molecule has 1 saturated heterocycles. The zero-order chi connectivity index (χ0) is 46.0. The molecular formula is C49H83N5O10. The van der Waals surface area contributed by atoms with Crippen LogP contribution < -0.4 is 5.73 Å². The van der Waals surface area contributed by atoms with Crippen molar-refractivity contribution in [1.29, 1.82) is 0 Å². The maximum atomic E-state index is 12.8. The van der Waals surface area contributed by atoms with Gasteiger partial charge in [0.2, 0.25) is 0 Å². The highest BCUT2D eigenvalue weighted by Gasteiger charge is 2.37. The molecule has 15 nitrogen and oxygen atoms in total. The highest BCUT2D eigenvalue weighted by atomic mass is 16.6. The molecule has 15 heteroatoms. The molecule has 0 amide bonds. The molecule has 3 heterocycles. The summed E-state index contributed by atoms with van der Waals surface area (Å²) in [5.41, 5.74) is 6.67. The molecule has 1 aliphatic rings. The maximum absolute atomic E-state index is 12.8. The minimum Gasteiger partial charge on any atom is -0.463 e. The number of aliphatic hydroxyl groups is 1. The fourth-order valence-corrected chi connectivity index (χ4v) is 8.06. The average Bonchev–Trinajstić information content (AvgIpc) is 3.89. The van der Waals surface area contributed by atoms with Crippen molar-refractivity contribution < 1.29 is 48.0 Å². The first-order chi connectivity index (χ1) is 31.2. The van der Waals surface area contributed by atoms with Crippen molar-refractivity contribution in [3.63, 3.8) is 0 Å². The minimum atomic E-state index is -0.963. The van der Waals surface area contributed by atoms with E-state index >= 15 is 0 Å². The second-order valence-electron chi connectivity index (χ2n) is 17.7. The first kappa shape index (κ1) is 54.5. The first-order valence-corrected chi connectivity index (χ1v) is 25.1. The largest absolute Gasteiger partial charge is 0.463 e. The van der Waals surface area contributed by atoms with Crippen LogP contribution in [0.4, 0.5) is 5.82 Å². The number of nitrogens with two attached hydrogens (primary N) is 1. The molecule has 3 rings (SSSR count). The highest BCUT2D eigenvalue weighted by molar-refractivity contribution is 5.81. The van der Waals surface area contributed by atoms with Gasteiger partial charge in [-0.3, -0.25) is 23.7 Å². The standard InChI is InChI=1S/C49H83N5O10/c1-3-5-7-9-11-13-15-17-19-21-23-25-27-29-42(56)61-35-40(63-45(59)30-28-26-24-22-20-18-16-14-12-10-8-6-4-2)36-62-44(58)32-31-43(57)60-34-39-33-41(55)49(64-39)54-38-53-46-47(50)51-37-52-48(46)54/h37-41,49,55H,3-36H2,1-2H3,(H2,50,51,52)/t39?,40?,41-,49-/m1/s1. The molecule has 0 radical (unpaired) electrons. The van der Waals surface area contributed by atoms with Gasteiger partial charge >= 0.3 is 23.9 Å². The number of ether oxygens (including phenoxy) is 5. The van der Waals surface area contributed by atoms with E-state index in [1.807, 2.05) is 0 Å². The first-order valence-electron chi connectivity index (χ1n) is 25.1. The van der Waals surface area contributed by atoms with E-state index < -0.39 is 42.4 Å². The second-order valence-corrected chi connectivity index (χ2v) is 17.7. The number of hydrogen-bond donors (Lipinski definition) is 2. The summed E-state index contributed by atoms with van der Waals surface area (Å²) in [4.78, 5) is 63.0. The lowest BCUT2D eigenvalue weighted by Gasteiger charge is -2.18. The Kier molecular flexibility index (Phi) is 29.4. The zero-order valence-corrected chi connectivity index (χ0v) is 39.5. The Balaban J connectivity index is 1.33. The van der Waals surface area contributed by atoms with Gasteiger partial charge in [-0.2, -0.15) is 0 Å². The van der Waals surface area contributed by atoms with Crippen LogP contribution in [0.3, 0.4) is 0 Å². The van der Waals surface area contributed by atoms with Crippen LogP contribution in [0.25, 0.3) is 11.2 Å². The molecule has 1 fully saturated rings. The molecule has 2 aromatic rings. The third kappa shape index (κ3) is 23.9. The molecule has 4 atom stereocenters. The number of rotatable bonds is 39. The Morgan fingerprint density at radius 3 is 1.56 bits per heavy atom. The van der Waals surface area contributed by atoms with Gasteiger partial charge in [-0.05, 0) is 12.8 Å². The molecule has 0 saturated carbocycles. The topological polar surface area (TPSA) is 204 Å². The van der Waals surface area contributed by atoms with Crippen LogP contribution in [0, 0.1) is 0 Å². The second kappa shape index (κ2) is 34.5. The summed E-state index contributed by atoms with van der Waals surface area (Å²) in [7, 11) is 0. The van der Waals surface area contributed by atoms with Crippen LogP contribution in [-0.2, 0) is 42.9 Å². The summed E-state index contributed by atoms with van der Waals surface area (Å²) in [5.74, 6) is -1.93. The SMILES string of the molecule is CCCCCCCCCCCCCCCC(=O)OCC(COC(=O)CCC(=O)OCC1C[C@@H](O)[C@H](n2cnc3c(N)ncnc32)O1)OC(=O)CCCCCCCCCCCCCCC. The molecular weight excluding hydrogens is 819 g/mol. The molecule has 3 N–H and O–H groups in total. The van der Waals surface area contributed by atoms with Crippen LogP contribution in [0.1, 0.15) is 219 Å². The van der Waals surface area contributed by atoms with Gasteiger partial charge < -0.3 is 34.5 Å². The molecule has 0 aliphatic carbocycles. The number of anilines is 1. The molecule has 2 unspecified atom stereocenters. The summed E-state index contributed by atoms with van der Waals surface area (Å²) in [6, 6.07) is 0. The average molecular weight is 902 g/mol.